The van der Waals surface area contributed by atoms with Gasteiger partial charge in [0.05, 0.1) is 26.0 Å². The summed E-state index contributed by atoms with van der Waals surface area (Å²) in [5.74, 6) is 0.838. The van der Waals surface area contributed by atoms with Crippen LogP contribution < -0.4 is 10.1 Å². The van der Waals surface area contributed by atoms with Gasteiger partial charge in [-0.2, -0.15) is 5.10 Å². The molecule has 0 fully saturated rings. The third-order valence-electron chi connectivity index (χ3n) is 5.34. The van der Waals surface area contributed by atoms with Crippen molar-refractivity contribution < 1.29 is 14.3 Å². The van der Waals surface area contributed by atoms with Crippen LogP contribution in [-0.4, -0.2) is 35.9 Å². The molecule has 4 rings (SSSR count). The summed E-state index contributed by atoms with van der Waals surface area (Å²) in [6, 6.07) is 18.1. The molecular formula is C24H27N3O3. The molecule has 2 heterocycles. The number of amides is 1. The predicted octanol–water partition coefficient (Wildman–Crippen LogP) is 3.30. The summed E-state index contributed by atoms with van der Waals surface area (Å²) >= 11 is 0. The van der Waals surface area contributed by atoms with E-state index in [0.717, 1.165) is 30.0 Å². The normalized spacial score (nSPS) is 15.4. The molecule has 1 atom stereocenters. The minimum Gasteiger partial charge on any atom is -0.497 e. The molecule has 6 heteroatoms. The van der Waals surface area contributed by atoms with Crippen LogP contribution in [0.5, 0.6) is 5.75 Å². The van der Waals surface area contributed by atoms with E-state index in [1.165, 1.54) is 11.1 Å². The molecule has 0 aliphatic carbocycles. The second kappa shape index (κ2) is 9.59. The van der Waals surface area contributed by atoms with Gasteiger partial charge < -0.3 is 14.8 Å². The third kappa shape index (κ3) is 5.07. The van der Waals surface area contributed by atoms with E-state index in [1.807, 2.05) is 47.1 Å². The van der Waals surface area contributed by atoms with Gasteiger partial charge in [0.1, 0.15) is 11.9 Å². The van der Waals surface area contributed by atoms with Crippen LogP contribution in [0.1, 0.15) is 34.9 Å². The van der Waals surface area contributed by atoms with E-state index in [0.29, 0.717) is 26.0 Å². The van der Waals surface area contributed by atoms with Gasteiger partial charge in [0.15, 0.2) is 0 Å². The number of nitrogens with zero attached hydrogens (tertiary/aromatic N) is 2. The summed E-state index contributed by atoms with van der Waals surface area (Å²) in [5.41, 5.74) is 4.46. The number of aromatic nitrogens is 2. The fraction of sp³-hybridized carbons (Fsp3) is 0.333. The van der Waals surface area contributed by atoms with Crippen molar-refractivity contribution in [2.24, 2.45) is 0 Å². The molecule has 0 spiro atoms. The lowest BCUT2D eigenvalue weighted by atomic mass is 10.1. The van der Waals surface area contributed by atoms with Crippen LogP contribution in [-0.2, 0) is 28.9 Å². The minimum atomic E-state index is -0.198. The molecule has 1 amide bonds. The smallest absolute Gasteiger partial charge is 0.220 e. The van der Waals surface area contributed by atoms with Crippen LogP contribution in [0.2, 0.25) is 0 Å². The summed E-state index contributed by atoms with van der Waals surface area (Å²) in [4.78, 5) is 12.3. The lowest BCUT2D eigenvalue weighted by Crippen LogP contribution is -2.32. The predicted molar refractivity (Wildman–Crippen MR) is 114 cm³/mol. The Kier molecular flexibility index (Phi) is 6.44. The number of carbonyl (C=O) groups is 1. The molecule has 30 heavy (non-hydrogen) atoms. The van der Waals surface area contributed by atoms with Gasteiger partial charge in [-0.3, -0.25) is 9.48 Å². The average molecular weight is 405 g/mol. The number of nitrogens with one attached hydrogen (secondary N) is 1. The molecule has 1 aliphatic rings. The van der Waals surface area contributed by atoms with Gasteiger partial charge in [-0.25, -0.2) is 0 Å². The van der Waals surface area contributed by atoms with Gasteiger partial charge in [-0.05, 0) is 41.7 Å². The first-order valence-corrected chi connectivity index (χ1v) is 10.3. The number of aryl methyl sites for hydroxylation is 1. The Labute approximate surface area is 176 Å². The number of hydrogen-bond acceptors (Lipinski definition) is 4. The first kappa shape index (κ1) is 20.2. The molecule has 0 saturated carbocycles. The molecule has 1 aromatic heterocycles. The molecular weight excluding hydrogens is 378 g/mol. The Morgan fingerprint density at radius 1 is 1.17 bits per heavy atom. The minimum absolute atomic E-state index is 0.0188. The highest BCUT2D eigenvalue weighted by molar-refractivity contribution is 5.76. The second-order valence-electron chi connectivity index (χ2n) is 7.48. The number of methoxy groups -OCH3 is 1. The fourth-order valence-corrected chi connectivity index (χ4v) is 3.68. The number of fused-ring (bicyclic) bond motifs is 1. The Balaban J connectivity index is 1.30. The van der Waals surface area contributed by atoms with Gasteiger partial charge >= 0.3 is 0 Å². The van der Waals surface area contributed by atoms with Gasteiger partial charge in [-0.15, -0.1) is 0 Å². The monoisotopic (exact) mass is 405 g/mol. The zero-order chi connectivity index (χ0) is 20.8. The molecule has 6 nitrogen and oxygen atoms in total. The van der Waals surface area contributed by atoms with Crippen molar-refractivity contribution in [2.75, 3.05) is 20.3 Å². The van der Waals surface area contributed by atoms with Crippen molar-refractivity contribution in [3.63, 3.8) is 0 Å². The Hall–Kier alpha value is -3.12. The van der Waals surface area contributed by atoms with Crippen molar-refractivity contribution in [2.45, 2.75) is 31.9 Å². The fourth-order valence-electron chi connectivity index (χ4n) is 3.68. The van der Waals surface area contributed by atoms with Crippen LogP contribution in [0.3, 0.4) is 0 Å². The Morgan fingerprint density at radius 2 is 1.97 bits per heavy atom. The number of ether oxygens (including phenoxy) is 2. The van der Waals surface area contributed by atoms with Crippen LogP contribution >= 0.6 is 0 Å². The quantitative estimate of drug-likeness (QED) is 0.625. The molecule has 1 N–H and O–H groups in total. The number of hydrogen-bond donors (Lipinski definition) is 1. The highest BCUT2D eigenvalue weighted by atomic mass is 16.5. The van der Waals surface area contributed by atoms with Gasteiger partial charge in [0.2, 0.25) is 5.91 Å². The van der Waals surface area contributed by atoms with E-state index in [9.17, 15) is 4.79 Å². The number of benzene rings is 2. The molecule has 0 unspecified atom stereocenters. The molecule has 3 aromatic rings. The molecule has 1 aliphatic heterocycles. The lowest BCUT2D eigenvalue weighted by Gasteiger charge is -2.22. The zero-order valence-corrected chi connectivity index (χ0v) is 17.2. The standard InChI is InChI=1S/C24H27N3O3/c1-29-21-10-7-18(8-11-21)9-12-23(28)25-15-22-24-20(13-14-30-22)17-27(26-24)16-19-5-3-2-4-6-19/h2-8,10-11,17,22H,9,12-16H2,1H3,(H,25,28)/t22-/m1/s1. The average Bonchev–Trinajstić information content (AvgIpc) is 3.20. The molecule has 2 aromatic carbocycles. The van der Waals surface area contributed by atoms with Gasteiger partial charge in [-0.1, -0.05) is 42.5 Å². The summed E-state index contributed by atoms with van der Waals surface area (Å²) in [6.45, 7) is 1.82. The largest absolute Gasteiger partial charge is 0.497 e. The summed E-state index contributed by atoms with van der Waals surface area (Å²) in [5, 5.41) is 7.75. The van der Waals surface area contributed by atoms with Crippen LogP contribution in [0, 0.1) is 0 Å². The van der Waals surface area contributed by atoms with E-state index >= 15 is 0 Å². The van der Waals surface area contributed by atoms with Crippen LogP contribution in [0.15, 0.2) is 60.8 Å². The third-order valence-corrected chi connectivity index (χ3v) is 5.34. The SMILES string of the molecule is COc1ccc(CCC(=O)NC[C@H]2OCCc3cn(Cc4ccccc4)nc32)cc1. The maximum Gasteiger partial charge on any atom is 0.220 e. The van der Waals surface area contributed by atoms with Crippen molar-refractivity contribution in [1.29, 1.82) is 0 Å². The topological polar surface area (TPSA) is 65.4 Å². The van der Waals surface area contributed by atoms with Crippen molar-refractivity contribution in [3.8, 4) is 5.75 Å². The summed E-state index contributed by atoms with van der Waals surface area (Å²) in [6.07, 6.45) is 3.89. The lowest BCUT2D eigenvalue weighted by molar-refractivity contribution is -0.121. The van der Waals surface area contributed by atoms with E-state index < -0.39 is 0 Å². The van der Waals surface area contributed by atoms with Gasteiger partial charge in [0, 0.05) is 19.2 Å². The van der Waals surface area contributed by atoms with E-state index in [-0.39, 0.29) is 12.0 Å². The molecule has 156 valence electrons. The van der Waals surface area contributed by atoms with E-state index in [1.54, 1.807) is 7.11 Å². The van der Waals surface area contributed by atoms with E-state index in [4.69, 9.17) is 14.6 Å². The summed E-state index contributed by atoms with van der Waals surface area (Å²) < 4.78 is 13.0. The maximum atomic E-state index is 12.3. The Bertz CT molecular complexity index is 967. The van der Waals surface area contributed by atoms with Crippen LogP contribution in [0.25, 0.3) is 0 Å². The number of rotatable bonds is 8. The highest BCUT2D eigenvalue weighted by Gasteiger charge is 2.25. The van der Waals surface area contributed by atoms with Crippen LogP contribution in [0.4, 0.5) is 0 Å². The molecule has 0 saturated heterocycles. The molecule has 0 radical (unpaired) electrons. The molecule has 0 bridgehead atoms. The maximum absolute atomic E-state index is 12.3. The summed E-state index contributed by atoms with van der Waals surface area (Å²) in [7, 11) is 1.64. The van der Waals surface area contributed by atoms with Crippen molar-refractivity contribution in [3.05, 3.63) is 83.2 Å². The van der Waals surface area contributed by atoms with E-state index in [2.05, 4.69) is 23.6 Å². The number of carbonyl (C=O) groups excluding carboxylic acids is 1. The Morgan fingerprint density at radius 3 is 2.73 bits per heavy atom. The van der Waals surface area contributed by atoms with Gasteiger partial charge in [0.25, 0.3) is 0 Å². The van der Waals surface area contributed by atoms with Crippen molar-refractivity contribution >= 4 is 5.91 Å². The second-order valence-corrected chi connectivity index (χ2v) is 7.48. The first-order valence-electron chi connectivity index (χ1n) is 10.3. The highest BCUT2D eigenvalue weighted by Crippen LogP contribution is 2.25. The van der Waals surface area contributed by atoms with Crippen molar-refractivity contribution in [1.82, 2.24) is 15.1 Å². The first-order chi connectivity index (χ1) is 14.7. The zero-order valence-electron chi connectivity index (χ0n) is 17.2.